The second-order valence-electron chi connectivity index (χ2n) is 4.38. The molecule has 0 radical (unpaired) electrons. The van der Waals surface area contributed by atoms with E-state index in [1.54, 1.807) is 19.9 Å². The molecule has 108 valence electrons. The predicted octanol–water partition coefficient (Wildman–Crippen LogP) is 1.81. The smallest absolute Gasteiger partial charge is 0.246 e. The van der Waals surface area contributed by atoms with Crippen LogP contribution >= 0.6 is 0 Å². The average Bonchev–Trinajstić information content (AvgIpc) is 2.61. The first-order valence-electron chi connectivity index (χ1n) is 6.23. The second kappa shape index (κ2) is 6.36. The van der Waals surface area contributed by atoms with Crippen molar-refractivity contribution in [2.75, 3.05) is 20.1 Å². The first-order valence-corrected chi connectivity index (χ1v) is 7.67. The van der Waals surface area contributed by atoms with Crippen LogP contribution in [-0.2, 0) is 16.6 Å². The lowest BCUT2D eigenvalue weighted by Crippen LogP contribution is -2.28. The summed E-state index contributed by atoms with van der Waals surface area (Å²) in [5.41, 5.74) is 0.704. The van der Waals surface area contributed by atoms with Crippen LogP contribution in [0.4, 0.5) is 0 Å². The fraction of sp³-hybridized carbons (Fsp3) is 0.538. The molecule has 0 aliphatic carbocycles. The molecular weight excluding hydrogens is 264 g/mol. The van der Waals surface area contributed by atoms with Gasteiger partial charge in [0.25, 0.3) is 0 Å². The van der Waals surface area contributed by atoms with Gasteiger partial charge < -0.3 is 9.73 Å². The summed E-state index contributed by atoms with van der Waals surface area (Å²) in [6, 6.07) is 0. The molecule has 0 saturated carbocycles. The summed E-state index contributed by atoms with van der Waals surface area (Å²) >= 11 is 0. The third-order valence-electron chi connectivity index (χ3n) is 2.93. The molecule has 5 nitrogen and oxygen atoms in total. The molecule has 6 heteroatoms. The number of nitrogens with zero attached hydrogens (tertiary/aromatic N) is 1. The zero-order valence-corrected chi connectivity index (χ0v) is 12.8. The van der Waals surface area contributed by atoms with Crippen LogP contribution in [0.1, 0.15) is 24.0 Å². The number of hydrogen-bond donors (Lipinski definition) is 1. The van der Waals surface area contributed by atoms with Gasteiger partial charge in [0.15, 0.2) is 0 Å². The molecule has 1 heterocycles. The normalized spacial score (nSPS) is 12.1. The van der Waals surface area contributed by atoms with Crippen molar-refractivity contribution in [3.8, 4) is 0 Å². The van der Waals surface area contributed by atoms with Crippen molar-refractivity contribution in [2.24, 2.45) is 0 Å². The molecule has 0 aliphatic rings. The number of hydrogen-bond acceptors (Lipinski definition) is 4. The number of aryl methyl sites for hydroxylation is 2. The molecule has 1 N–H and O–H groups in total. The fourth-order valence-corrected chi connectivity index (χ4v) is 3.48. The average molecular weight is 286 g/mol. The Morgan fingerprint density at radius 3 is 2.53 bits per heavy atom. The van der Waals surface area contributed by atoms with Crippen LogP contribution in [0.5, 0.6) is 0 Å². The van der Waals surface area contributed by atoms with Gasteiger partial charge in [0.2, 0.25) is 10.0 Å². The van der Waals surface area contributed by atoms with Gasteiger partial charge in [0.1, 0.15) is 16.4 Å². The van der Waals surface area contributed by atoms with Crippen molar-refractivity contribution in [1.29, 1.82) is 0 Å². The monoisotopic (exact) mass is 286 g/mol. The predicted molar refractivity (Wildman–Crippen MR) is 75.6 cm³/mol. The number of sulfonamides is 1. The highest BCUT2D eigenvalue weighted by Crippen LogP contribution is 2.28. The van der Waals surface area contributed by atoms with E-state index in [0.29, 0.717) is 23.6 Å². The fourth-order valence-electron chi connectivity index (χ4n) is 1.94. The Balaban J connectivity index is 3.28. The van der Waals surface area contributed by atoms with Crippen molar-refractivity contribution in [3.63, 3.8) is 0 Å². The second-order valence-corrected chi connectivity index (χ2v) is 6.36. The van der Waals surface area contributed by atoms with Gasteiger partial charge in [-0.2, -0.15) is 4.31 Å². The van der Waals surface area contributed by atoms with E-state index >= 15 is 0 Å². The summed E-state index contributed by atoms with van der Waals surface area (Å²) in [6.45, 7) is 10.5. The van der Waals surface area contributed by atoms with Gasteiger partial charge in [-0.1, -0.05) is 13.0 Å². The molecule has 1 aromatic rings. The van der Waals surface area contributed by atoms with Crippen LogP contribution in [-0.4, -0.2) is 32.9 Å². The van der Waals surface area contributed by atoms with Crippen LogP contribution in [0.15, 0.2) is 22.0 Å². The van der Waals surface area contributed by atoms with Crippen molar-refractivity contribution in [3.05, 3.63) is 29.7 Å². The van der Waals surface area contributed by atoms with Gasteiger partial charge >= 0.3 is 0 Å². The van der Waals surface area contributed by atoms with Crippen LogP contribution in [0.3, 0.4) is 0 Å². The third-order valence-corrected chi connectivity index (χ3v) is 4.95. The molecule has 0 atom stereocenters. The van der Waals surface area contributed by atoms with E-state index in [1.165, 1.54) is 11.4 Å². The van der Waals surface area contributed by atoms with Crippen molar-refractivity contribution in [1.82, 2.24) is 9.62 Å². The first kappa shape index (κ1) is 15.9. The molecular formula is C13H22N2O3S. The van der Waals surface area contributed by atoms with E-state index < -0.39 is 10.0 Å². The number of likely N-dealkylation sites (N-methyl/N-ethyl adjacent to an activating group) is 1. The van der Waals surface area contributed by atoms with Gasteiger partial charge in [0.05, 0.1) is 0 Å². The molecule has 0 aromatic carbocycles. The SMILES string of the molecule is C=CCN(C)S(=O)(=O)c1c(C)oc(C)c1CNCC. The Morgan fingerprint density at radius 1 is 1.37 bits per heavy atom. The van der Waals surface area contributed by atoms with Crippen LogP contribution in [0, 0.1) is 13.8 Å². The molecule has 0 bridgehead atoms. The van der Waals surface area contributed by atoms with E-state index in [1.807, 2.05) is 6.92 Å². The first-order chi connectivity index (χ1) is 8.86. The maximum absolute atomic E-state index is 12.5. The van der Waals surface area contributed by atoms with Crippen molar-refractivity contribution >= 4 is 10.0 Å². The van der Waals surface area contributed by atoms with Crippen LogP contribution in [0.25, 0.3) is 0 Å². The Hall–Kier alpha value is -1.11. The summed E-state index contributed by atoms with van der Waals surface area (Å²) < 4.78 is 31.8. The summed E-state index contributed by atoms with van der Waals surface area (Å²) in [7, 11) is -2.01. The summed E-state index contributed by atoms with van der Waals surface area (Å²) in [6.07, 6.45) is 1.56. The standard InChI is InChI=1S/C13H22N2O3S/c1-6-8-15(5)19(16,17)13-11(4)18-10(3)12(13)9-14-7-2/h6,14H,1,7-9H2,2-5H3. The van der Waals surface area contributed by atoms with Crippen LogP contribution < -0.4 is 5.32 Å². The van der Waals surface area contributed by atoms with E-state index in [2.05, 4.69) is 11.9 Å². The Kier molecular flexibility index (Phi) is 5.34. The Bertz CT molecular complexity index is 546. The minimum Gasteiger partial charge on any atom is -0.465 e. The van der Waals surface area contributed by atoms with Gasteiger partial charge in [-0.25, -0.2) is 8.42 Å². The topological polar surface area (TPSA) is 62.6 Å². The van der Waals surface area contributed by atoms with Gasteiger partial charge in [-0.3, -0.25) is 0 Å². The maximum atomic E-state index is 12.5. The summed E-state index contributed by atoms with van der Waals surface area (Å²) in [5, 5.41) is 3.14. The van der Waals surface area contributed by atoms with Gasteiger partial charge in [0, 0.05) is 25.7 Å². The van der Waals surface area contributed by atoms with Crippen molar-refractivity contribution in [2.45, 2.75) is 32.2 Å². The summed E-state index contributed by atoms with van der Waals surface area (Å²) in [5.74, 6) is 1.07. The molecule has 0 fully saturated rings. The lowest BCUT2D eigenvalue weighted by molar-refractivity contribution is 0.481. The Labute approximate surface area is 115 Å². The number of nitrogens with one attached hydrogen (secondary N) is 1. The molecule has 0 saturated heterocycles. The van der Waals surface area contributed by atoms with E-state index in [0.717, 1.165) is 6.54 Å². The highest BCUT2D eigenvalue weighted by molar-refractivity contribution is 7.89. The van der Waals surface area contributed by atoms with Gasteiger partial charge in [-0.15, -0.1) is 6.58 Å². The minimum atomic E-state index is -3.54. The largest absolute Gasteiger partial charge is 0.465 e. The molecule has 0 spiro atoms. The highest BCUT2D eigenvalue weighted by Gasteiger charge is 2.29. The van der Waals surface area contributed by atoms with E-state index in [9.17, 15) is 8.42 Å². The lowest BCUT2D eigenvalue weighted by Gasteiger charge is -2.16. The number of rotatable bonds is 7. The lowest BCUT2D eigenvalue weighted by atomic mass is 10.2. The highest BCUT2D eigenvalue weighted by atomic mass is 32.2. The molecule has 0 unspecified atom stereocenters. The summed E-state index contributed by atoms with van der Waals surface area (Å²) in [4.78, 5) is 0.273. The van der Waals surface area contributed by atoms with Crippen molar-refractivity contribution < 1.29 is 12.8 Å². The third kappa shape index (κ3) is 3.26. The molecule has 1 aromatic heterocycles. The Morgan fingerprint density at radius 2 is 2.00 bits per heavy atom. The molecule has 19 heavy (non-hydrogen) atoms. The zero-order valence-electron chi connectivity index (χ0n) is 12.0. The van der Waals surface area contributed by atoms with Crippen LogP contribution in [0.2, 0.25) is 0 Å². The van der Waals surface area contributed by atoms with Gasteiger partial charge in [-0.05, 0) is 20.4 Å². The zero-order chi connectivity index (χ0) is 14.6. The molecule has 1 rings (SSSR count). The van der Waals surface area contributed by atoms with E-state index in [4.69, 9.17) is 4.42 Å². The minimum absolute atomic E-state index is 0.270. The maximum Gasteiger partial charge on any atom is 0.246 e. The molecule has 0 aliphatic heterocycles. The molecule has 0 amide bonds. The quantitative estimate of drug-likeness (QED) is 0.777. The van der Waals surface area contributed by atoms with E-state index in [-0.39, 0.29) is 11.4 Å². The number of furan rings is 1.